The number of rotatable bonds is 4. The zero-order valence-corrected chi connectivity index (χ0v) is 10.2. The second-order valence-corrected chi connectivity index (χ2v) is 5.07. The largest absolute Gasteiger partial charge is 0.480 e. The molecule has 0 amide bonds. The van der Waals surface area contributed by atoms with Crippen molar-refractivity contribution in [3.05, 3.63) is 0 Å². The first-order valence-corrected chi connectivity index (χ1v) is 6.03. The van der Waals surface area contributed by atoms with E-state index in [1.165, 1.54) is 0 Å². The monoisotopic (exact) mass is 275 g/mol. The first-order chi connectivity index (χ1) is 8.84. The number of carboxylic acid groups (broad SMARTS) is 2. The Labute approximate surface area is 109 Å². The summed E-state index contributed by atoms with van der Waals surface area (Å²) in [6, 6.07) is -1.32. The molecule has 8 heteroatoms. The maximum atomic E-state index is 11.4. The number of hydrogen-bond acceptors (Lipinski definition) is 6. The van der Waals surface area contributed by atoms with E-state index in [1.54, 1.807) is 0 Å². The zero-order valence-electron chi connectivity index (χ0n) is 10.2. The van der Waals surface area contributed by atoms with E-state index in [0.717, 1.165) is 0 Å². The van der Waals surface area contributed by atoms with Gasteiger partial charge in [-0.2, -0.15) is 0 Å². The van der Waals surface area contributed by atoms with Crippen LogP contribution in [0.25, 0.3) is 0 Å². The van der Waals surface area contributed by atoms with Crippen LogP contribution >= 0.6 is 0 Å². The summed E-state index contributed by atoms with van der Waals surface area (Å²) in [5.74, 6) is -2.53. The van der Waals surface area contributed by atoms with Gasteiger partial charge in [0.25, 0.3) is 0 Å². The minimum Gasteiger partial charge on any atom is -0.480 e. The van der Waals surface area contributed by atoms with E-state index >= 15 is 0 Å². The van der Waals surface area contributed by atoms with Crippen molar-refractivity contribution < 1.29 is 34.4 Å². The number of hydrogen-bond donors (Lipinski definition) is 4. The second-order valence-electron chi connectivity index (χ2n) is 5.07. The van der Waals surface area contributed by atoms with Gasteiger partial charge in [0.1, 0.15) is 6.04 Å². The molecule has 19 heavy (non-hydrogen) atoms. The maximum absolute atomic E-state index is 11.4. The van der Waals surface area contributed by atoms with Crippen molar-refractivity contribution in [2.75, 3.05) is 6.61 Å². The molecular formula is C11H17NO7. The molecular weight excluding hydrogens is 258 g/mol. The van der Waals surface area contributed by atoms with Crippen molar-refractivity contribution in [1.82, 2.24) is 0 Å². The number of aliphatic hydroxyl groups excluding tert-OH is 1. The fraction of sp³-hybridized carbons (Fsp3) is 0.818. The average molecular weight is 275 g/mol. The molecule has 2 aliphatic heterocycles. The van der Waals surface area contributed by atoms with Gasteiger partial charge in [0, 0.05) is 19.3 Å². The SMILES string of the molecule is NC(CC1(C(=O)O)CC2OCC(O)CC2O1)C(=O)O. The van der Waals surface area contributed by atoms with Crippen LogP contribution in [0.15, 0.2) is 0 Å². The van der Waals surface area contributed by atoms with Crippen molar-refractivity contribution in [2.45, 2.75) is 49.2 Å². The lowest BCUT2D eigenvalue weighted by Crippen LogP contribution is -2.46. The Hall–Kier alpha value is -1.22. The molecule has 5 unspecified atom stereocenters. The van der Waals surface area contributed by atoms with Crippen LogP contribution in [0.4, 0.5) is 0 Å². The van der Waals surface area contributed by atoms with Gasteiger partial charge in [0.05, 0.1) is 24.9 Å². The molecule has 2 heterocycles. The number of aliphatic carboxylic acids is 2. The Bertz CT molecular complexity index is 387. The van der Waals surface area contributed by atoms with Crippen LogP contribution < -0.4 is 5.73 Å². The molecule has 2 fully saturated rings. The Kier molecular flexibility index (Phi) is 3.77. The first kappa shape index (κ1) is 14.2. The standard InChI is InChI=1S/C11H17NO7/c12-6(9(14)15)2-11(10(16)17)3-8-7(19-11)1-5(13)4-18-8/h5-8,13H,1-4,12H2,(H,14,15)(H,16,17). The van der Waals surface area contributed by atoms with Crippen LogP contribution in [0, 0.1) is 0 Å². The van der Waals surface area contributed by atoms with Crippen molar-refractivity contribution in [3.8, 4) is 0 Å². The van der Waals surface area contributed by atoms with Crippen LogP contribution in [-0.4, -0.2) is 63.8 Å². The number of carbonyl (C=O) groups is 2. The predicted molar refractivity (Wildman–Crippen MR) is 60.4 cm³/mol. The molecule has 0 aromatic heterocycles. The van der Waals surface area contributed by atoms with Gasteiger partial charge in [0.2, 0.25) is 0 Å². The topological polar surface area (TPSA) is 139 Å². The molecule has 0 spiro atoms. The molecule has 0 bridgehead atoms. The highest BCUT2D eigenvalue weighted by molar-refractivity contribution is 5.80. The second kappa shape index (κ2) is 5.04. The summed E-state index contributed by atoms with van der Waals surface area (Å²) < 4.78 is 10.8. The quantitative estimate of drug-likeness (QED) is 0.488. The van der Waals surface area contributed by atoms with E-state index in [4.69, 9.17) is 20.3 Å². The van der Waals surface area contributed by atoms with Crippen molar-refractivity contribution in [1.29, 1.82) is 0 Å². The number of aliphatic hydroxyl groups is 1. The van der Waals surface area contributed by atoms with Gasteiger partial charge >= 0.3 is 11.9 Å². The third-order valence-corrected chi connectivity index (χ3v) is 3.59. The molecule has 108 valence electrons. The molecule has 0 saturated carbocycles. The molecule has 5 N–H and O–H groups in total. The summed E-state index contributed by atoms with van der Waals surface area (Å²) in [6.07, 6.45) is -1.69. The molecule has 0 aliphatic carbocycles. The van der Waals surface area contributed by atoms with Gasteiger partial charge in [-0.25, -0.2) is 4.79 Å². The summed E-state index contributed by atoms with van der Waals surface area (Å²) in [4.78, 5) is 22.2. The summed E-state index contributed by atoms with van der Waals surface area (Å²) in [5.41, 5.74) is 3.75. The lowest BCUT2D eigenvalue weighted by molar-refractivity contribution is -0.171. The van der Waals surface area contributed by atoms with Crippen LogP contribution in [-0.2, 0) is 19.1 Å². The Balaban J connectivity index is 2.14. The van der Waals surface area contributed by atoms with Crippen LogP contribution in [0.1, 0.15) is 19.3 Å². The Morgan fingerprint density at radius 3 is 2.63 bits per heavy atom. The van der Waals surface area contributed by atoms with Crippen LogP contribution in [0.2, 0.25) is 0 Å². The minimum atomic E-state index is -1.66. The molecule has 0 aromatic rings. The van der Waals surface area contributed by atoms with Gasteiger partial charge in [-0.3, -0.25) is 4.79 Å². The molecule has 2 aliphatic rings. The Morgan fingerprint density at radius 1 is 1.37 bits per heavy atom. The predicted octanol–water partition coefficient (Wildman–Crippen LogP) is -1.45. The maximum Gasteiger partial charge on any atom is 0.336 e. The van der Waals surface area contributed by atoms with Gasteiger partial charge in [-0.15, -0.1) is 0 Å². The van der Waals surface area contributed by atoms with E-state index in [9.17, 15) is 19.8 Å². The van der Waals surface area contributed by atoms with E-state index in [0.29, 0.717) is 0 Å². The van der Waals surface area contributed by atoms with E-state index in [1.807, 2.05) is 0 Å². The molecule has 8 nitrogen and oxygen atoms in total. The summed E-state index contributed by atoms with van der Waals surface area (Å²) >= 11 is 0. The van der Waals surface area contributed by atoms with Crippen LogP contribution in [0.5, 0.6) is 0 Å². The molecule has 0 aromatic carbocycles. The fourth-order valence-electron chi connectivity index (χ4n) is 2.61. The number of fused-ring (bicyclic) bond motifs is 1. The van der Waals surface area contributed by atoms with Crippen LogP contribution in [0.3, 0.4) is 0 Å². The Morgan fingerprint density at radius 2 is 2.05 bits per heavy atom. The lowest BCUT2D eigenvalue weighted by Gasteiger charge is -2.28. The summed E-state index contributed by atoms with van der Waals surface area (Å²) in [6.45, 7) is 0.130. The number of carboxylic acids is 2. The average Bonchev–Trinajstić information content (AvgIpc) is 2.67. The fourth-order valence-corrected chi connectivity index (χ4v) is 2.61. The normalized spacial score (nSPS) is 39.6. The van der Waals surface area contributed by atoms with Gasteiger partial charge in [0.15, 0.2) is 5.60 Å². The number of ether oxygens (including phenoxy) is 2. The minimum absolute atomic E-state index is 0.0424. The highest BCUT2D eigenvalue weighted by Crippen LogP contribution is 2.39. The van der Waals surface area contributed by atoms with Crippen molar-refractivity contribution in [3.63, 3.8) is 0 Å². The highest BCUT2D eigenvalue weighted by Gasteiger charge is 2.55. The van der Waals surface area contributed by atoms with Crippen molar-refractivity contribution in [2.24, 2.45) is 5.73 Å². The van der Waals surface area contributed by atoms with Gasteiger partial charge in [-0.05, 0) is 0 Å². The smallest absolute Gasteiger partial charge is 0.336 e. The molecule has 0 radical (unpaired) electrons. The van der Waals surface area contributed by atoms with E-state index in [2.05, 4.69) is 0 Å². The lowest BCUT2D eigenvalue weighted by atomic mass is 9.90. The van der Waals surface area contributed by atoms with Crippen molar-refractivity contribution >= 4 is 11.9 Å². The zero-order chi connectivity index (χ0) is 14.2. The third kappa shape index (κ3) is 2.71. The summed E-state index contributed by atoms with van der Waals surface area (Å²) in [7, 11) is 0. The number of nitrogens with two attached hydrogens (primary N) is 1. The third-order valence-electron chi connectivity index (χ3n) is 3.59. The summed E-state index contributed by atoms with van der Waals surface area (Å²) in [5, 5.41) is 27.6. The van der Waals surface area contributed by atoms with Gasteiger partial charge < -0.3 is 30.5 Å². The molecule has 2 saturated heterocycles. The van der Waals surface area contributed by atoms with E-state index < -0.39 is 41.9 Å². The molecule has 2 rings (SSSR count). The highest BCUT2D eigenvalue weighted by atomic mass is 16.6. The first-order valence-electron chi connectivity index (χ1n) is 6.03. The molecule has 5 atom stereocenters. The van der Waals surface area contributed by atoms with Gasteiger partial charge in [-0.1, -0.05) is 0 Å². The van der Waals surface area contributed by atoms with E-state index in [-0.39, 0.29) is 25.9 Å².